The molecule has 0 amide bonds. The molecule has 0 aromatic rings. The van der Waals surface area contributed by atoms with Crippen molar-refractivity contribution in [2.75, 3.05) is 6.54 Å². The Kier molecular flexibility index (Phi) is 5.64. The minimum absolute atomic E-state index is 0.241. The lowest BCUT2D eigenvalue weighted by Gasteiger charge is -2.06. The smallest absolute Gasteiger partial charge is 0.159 e. The average Bonchev–Trinajstić information content (AvgIpc) is 2.02. The molecule has 0 aromatic heterocycles. The maximum atomic E-state index is 11.2. The van der Waals surface area contributed by atoms with Gasteiger partial charge in [-0.25, -0.2) is 0 Å². The van der Waals surface area contributed by atoms with Crippen molar-refractivity contribution in [2.24, 2.45) is 0 Å². The number of rotatable bonds is 5. The van der Waals surface area contributed by atoms with Crippen LogP contribution >= 0.6 is 0 Å². The zero-order valence-corrected chi connectivity index (χ0v) is 8.48. The normalized spacial score (nSPS) is 12.2. The molecule has 12 heavy (non-hydrogen) atoms. The summed E-state index contributed by atoms with van der Waals surface area (Å²) in [4.78, 5) is 11.2. The predicted octanol–water partition coefficient (Wildman–Crippen LogP) is 1.91. The Morgan fingerprint density at radius 1 is 1.50 bits per heavy atom. The molecule has 70 valence electrons. The molecule has 0 saturated heterocycles. The van der Waals surface area contributed by atoms with Crippen LogP contribution in [-0.2, 0) is 4.79 Å². The number of nitrogens with one attached hydrogen (secondary N) is 1. The van der Waals surface area contributed by atoms with Crippen LogP contribution in [-0.4, -0.2) is 18.4 Å². The second-order valence-electron chi connectivity index (χ2n) is 3.25. The summed E-state index contributed by atoms with van der Waals surface area (Å²) < 4.78 is 0. The SMILES string of the molecule is CC=C(C)C(=O)CCNC(C)C. The zero-order valence-electron chi connectivity index (χ0n) is 8.48. The molecule has 0 radical (unpaired) electrons. The summed E-state index contributed by atoms with van der Waals surface area (Å²) in [5.74, 6) is 0.241. The van der Waals surface area contributed by atoms with Crippen molar-refractivity contribution in [1.82, 2.24) is 5.32 Å². The number of hydrogen-bond donors (Lipinski definition) is 1. The van der Waals surface area contributed by atoms with Crippen molar-refractivity contribution in [3.8, 4) is 0 Å². The van der Waals surface area contributed by atoms with Crippen LogP contribution in [0.1, 0.15) is 34.1 Å². The highest BCUT2D eigenvalue weighted by atomic mass is 16.1. The number of Topliss-reactive ketones (excluding diaryl/α,β-unsaturated/α-hetero) is 1. The van der Waals surface area contributed by atoms with E-state index in [1.165, 1.54) is 0 Å². The Morgan fingerprint density at radius 3 is 2.50 bits per heavy atom. The van der Waals surface area contributed by atoms with Gasteiger partial charge in [-0.15, -0.1) is 0 Å². The van der Waals surface area contributed by atoms with Crippen molar-refractivity contribution in [3.05, 3.63) is 11.6 Å². The molecule has 0 fully saturated rings. The molecule has 2 nitrogen and oxygen atoms in total. The fourth-order valence-electron chi connectivity index (χ4n) is 0.833. The van der Waals surface area contributed by atoms with Crippen LogP contribution in [0, 0.1) is 0 Å². The average molecular weight is 169 g/mol. The first-order chi connectivity index (χ1) is 5.57. The molecule has 0 aliphatic rings. The molecular weight excluding hydrogens is 150 g/mol. The topological polar surface area (TPSA) is 29.1 Å². The molecule has 0 rings (SSSR count). The van der Waals surface area contributed by atoms with E-state index in [1.807, 2.05) is 19.9 Å². The van der Waals surface area contributed by atoms with E-state index in [4.69, 9.17) is 0 Å². The van der Waals surface area contributed by atoms with Crippen LogP contribution in [0.2, 0.25) is 0 Å². The minimum atomic E-state index is 0.241. The zero-order chi connectivity index (χ0) is 9.56. The standard InChI is InChI=1S/C10H19NO/c1-5-9(4)10(12)6-7-11-8(2)3/h5,8,11H,6-7H2,1-4H3. The Hall–Kier alpha value is -0.630. The molecule has 0 heterocycles. The van der Waals surface area contributed by atoms with Crippen molar-refractivity contribution in [1.29, 1.82) is 0 Å². The highest BCUT2D eigenvalue weighted by Crippen LogP contribution is 1.97. The summed E-state index contributed by atoms with van der Waals surface area (Å²) in [6.45, 7) is 8.68. The van der Waals surface area contributed by atoms with Crippen LogP contribution in [0.4, 0.5) is 0 Å². The number of ketones is 1. The van der Waals surface area contributed by atoms with Crippen molar-refractivity contribution in [2.45, 2.75) is 40.2 Å². The van der Waals surface area contributed by atoms with Crippen molar-refractivity contribution >= 4 is 5.78 Å². The molecule has 0 bridgehead atoms. The Morgan fingerprint density at radius 2 is 2.08 bits per heavy atom. The molecule has 2 heteroatoms. The largest absolute Gasteiger partial charge is 0.314 e. The van der Waals surface area contributed by atoms with Crippen LogP contribution in [0.3, 0.4) is 0 Å². The molecule has 0 unspecified atom stereocenters. The molecule has 0 aromatic carbocycles. The van der Waals surface area contributed by atoms with E-state index in [1.54, 1.807) is 0 Å². The predicted molar refractivity (Wildman–Crippen MR) is 52.2 cm³/mol. The lowest BCUT2D eigenvalue weighted by Crippen LogP contribution is -2.25. The first-order valence-corrected chi connectivity index (χ1v) is 4.47. The highest BCUT2D eigenvalue weighted by Gasteiger charge is 2.02. The van der Waals surface area contributed by atoms with Gasteiger partial charge in [0.1, 0.15) is 0 Å². The summed E-state index contributed by atoms with van der Waals surface area (Å²) in [6.07, 6.45) is 2.46. The molecule has 0 spiro atoms. The van der Waals surface area contributed by atoms with E-state index < -0.39 is 0 Å². The van der Waals surface area contributed by atoms with Crippen LogP contribution in [0.25, 0.3) is 0 Å². The molecule has 1 N–H and O–H groups in total. The van der Waals surface area contributed by atoms with E-state index >= 15 is 0 Å². The first-order valence-electron chi connectivity index (χ1n) is 4.47. The second-order valence-corrected chi connectivity index (χ2v) is 3.25. The summed E-state index contributed by atoms with van der Waals surface area (Å²) >= 11 is 0. The monoisotopic (exact) mass is 169 g/mol. The van der Waals surface area contributed by atoms with Gasteiger partial charge in [0.25, 0.3) is 0 Å². The fourth-order valence-corrected chi connectivity index (χ4v) is 0.833. The first kappa shape index (κ1) is 11.4. The van der Waals surface area contributed by atoms with E-state index in [2.05, 4.69) is 19.2 Å². The van der Waals surface area contributed by atoms with Crippen LogP contribution in [0.15, 0.2) is 11.6 Å². The third-order valence-electron chi connectivity index (χ3n) is 1.78. The highest BCUT2D eigenvalue weighted by molar-refractivity contribution is 5.94. The number of carbonyl (C=O) groups is 1. The van der Waals surface area contributed by atoms with Gasteiger partial charge in [-0.1, -0.05) is 19.9 Å². The van der Waals surface area contributed by atoms with E-state index in [0.29, 0.717) is 12.5 Å². The van der Waals surface area contributed by atoms with Gasteiger partial charge in [0.05, 0.1) is 0 Å². The summed E-state index contributed by atoms with van der Waals surface area (Å²) in [7, 11) is 0. The molecule has 0 aliphatic heterocycles. The third-order valence-corrected chi connectivity index (χ3v) is 1.78. The maximum Gasteiger partial charge on any atom is 0.159 e. The Labute approximate surface area is 75.0 Å². The van der Waals surface area contributed by atoms with Gasteiger partial charge in [0.15, 0.2) is 5.78 Å². The van der Waals surface area contributed by atoms with E-state index in [-0.39, 0.29) is 5.78 Å². The fraction of sp³-hybridized carbons (Fsp3) is 0.700. The Bertz CT molecular complexity index is 171. The third kappa shape index (κ3) is 5.08. The van der Waals surface area contributed by atoms with Crippen molar-refractivity contribution < 1.29 is 4.79 Å². The van der Waals surface area contributed by atoms with E-state index in [9.17, 15) is 4.79 Å². The maximum absolute atomic E-state index is 11.2. The summed E-state index contributed by atoms with van der Waals surface area (Å²) in [5.41, 5.74) is 0.862. The van der Waals surface area contributed by atoms with Crippen LogP contribution in [0.5, 0.6) is 0 Å². The molecule has 0 aliphatic carbocycles. The molecule has 0 atom stereocenters. The number of allylic oxidation sites excluding steroid dienone is 2. The van der Waals surface area contributed by atoms with Gasteiger partial charge in [-0.3, -0.25) is 4.79 Å². The van der Waals surface area contributed by atoms with Crippen LogP contribution < -0.4 is 5.32 Å². The molecular formula is C10H19NO. The molecule has 0 saturated carbocycles. The lowest BCUT2D eigenvalue weighted by molar-refractivity contribution is -0.115. The quantitative estimate of drug-likeness (QED) is 0.637. The number of carbonyl (C=O) groups excluding carboxylic acids is 1. The van der Waals surface area contributed by atoms with Gasteiger partial charge in [0.2, 0.25) is 0 Å². The van der Waals surface area contributed by atoms with Gasteiger partial charge in [-0.05, 0) is 19.4 Å². The minimum Gasteiger partial charge on any atom is -0.314 e. The van der Waals surface area contributed by atoms with Gasteiger partial charge >= 0.3 is 0 Å². The van der Waals surface area contributed by atoms with E-state index in [0.717, 1.165) is 12.1 Å². The summed E-state index contributed by atoms with van der Waals surface area (Å²) in [5, 5.41) is 3.21. The lowest BCUT2D eigenvalue weighted by atomic mass is 10.1. The van der Waals surface area contributed by atoms with Gasteiger partial charge < -0.3 is 5.32 Å². The Balaban J connectivity index is 3.58. The number of hydrogen-bond acceptors (Lipinski definition) is 2. The van der Waals surface area contributed by atoms with Gasteiger partial charge in [-0.2, -0.15) is 0 Å². The van der Waals surface area contributed by atoms with Gasteiger partial charge in [0, 0.05) is 19.0 Å². The summed E-state index contributed by atoms with van der Waals surface area (Å²) in [6, 6.07) is 0.462. The van der Waals surface area contributed by atoms with Crippen molar-refractivity contribution in [3.63, 3.8) is 0 Å². The second kappa shape index (κ2) is 5.95.